The Bertz CT molecular complexity index is 693. The Kier molecular flexibility index (Phi) is 3.24. The molecule has 4 N–H and O–H groups in total. The predicted octanol–water partition coefficient (Wildman–Crippen LogP) is 1.46. The predicted molar refractivity (Wildman–Crippen MR) is 75.6 cm³/mol. The highest BCUT2D eigenvalue weighted by molar-refractivity contribution is 5.51. The molecule has 7 heteroatoms. The Morgan fingerprint density at radius 3 is 2.70 bits per heavy atom. The van der Waals surface area contributed by atoms with Crippen molar-refractivity contribution >= 4 is 11.9 Å². The number of hydrogen-bond donors (Lipinski definition) is 3. The number of aromatic amines is 1. The minimum absolute atomic E-state index is 0.192. The molecule has 0 saturated heterocycles. The van der Waals surface area contributed by atoms with Crippen LogP contribution in [0.5, 0.6) is 0 Å². The summed E-state index contributed by atoms with van der Waals surface area (Å²) in [5, 5.41) is 9.66. The maximum atomic E-state index is 5.48. The summed E-state index contributed by atoms with van der Waals surface area (Å²) < 4.78 is 0. The van der Waals surface area contributed by atoms with E-state index in [4.69, 9.17) is 5.73 Å². The van der Waals surface area contributed by atoms with Gasteiger partial charge in [-0.1, -0.05) is 30.3 Å². The third kappa shape index (κ3) is 2.72. The van der Waals surface area contributed by atoms with Gasteiger partial charge in [-0.15, -0.1) is 5.10 Å². The van der Waals surface area contributed by atoms with E-state index in [1.54, 1.807) is 12.3 Å². The molecule has 0 aliphatic heterocycles. The van der Waals surface area contributed by atoms with Gasteiger partial charge in [0.2, 0.25) is 11.9 Å². The van der Waals surface area contributed by atoms with Crippen molar-refractivity contribution in [2.75, 3.05) is 11.1 Å². The highest BCUT2D eigenvalue weighted by Crippen LogP contribution is 2.13. The lowest BCUT2D eigenvalue weighted by molar-refractivity contribution is 1.04. The van der Waals surface area contributed by atoms with Crippen LogP contribution in [0.3, 0.4) is 0 Å². The van der Waals surface area contributed by atoms with Crippen molar-refractivity contribution in [3.63, 3.8) is 0 Å². The van der Waals surface area contributed by atoms with Crippen LogP contribution in [0.1, 0.15) is 5.56 Å². The first-order chi connectivity index (χ1) is 9.81. The van der Waals surface area contributed by atoms with Gasteiger partial charge in [-0.3, -0.25) is 5.10 Å². The summed E-state index contributed by atoms with van der Waals surface area (Å²) in [5.41, 5.74) is 7.27. The minimum Gasteiger partial charge on any atom is -0.366 e. The molecule has 0 bridgehead atoms. The fourth-order valence-corrected chi connectivity index (χ4v) is 1.74. The van der Waals surface area contributed by atoms with Gasteiger partial charge in [0.25, 0.3) is 0 Å². The molecule has 2 heterocycles. The first-order valence-electron chi connectivity index (χ1n) is 6.10. The zero-order valence-electron chi connectivity index (χ0n) is 10.6. The Labute approximate surface area is 115 Å². The molecule has 20 heavy (non-hydrogen) atoms. The van der Waals surface area contributed by atoms with Gasteiger partial charge in [-0.25, -0.2) is 9.97 Å². The summed E-state index contributed by atoms with van der Waals surface area (Å²) >= 11 is 0. The lowest BCUT2D eigenvalue weighted by Crippen LogP contribution is -2.04. The summed E-state index contributed by atoms with van der Waals surface area (Å²) in [5.74, 6) is 1.24. The van der Waals surface area contributed by atoms with Crippen molar-refractivity contribution in [3.05, 3.63) is 48.2 Å². The van der Waals surface area contributed by atoms with E-state index in [-0.39, 0.29) is 5.95 Å². The largest absolute Gasteiger partial charge is 0.366 e. The van der Waals surface area contributed by atoms with Crippen LogP contribution in [-0.2, 0) is 6.54 Å². The molecule has 7 nitrogen and oxygen atoms in total. The van der Waals surface area contributed by atoms with Crippen molar-refractivity contribution < 1.29 is 0 Å². The number of nitrogens with two attached hydrogens (primary N) is 1. The maximum Gasteiger partial charge on any atom is 0.239 e. The molecular formula is C13H13N7. The van der Waals surface area contributed by atoms with Gasteiger partial charge in [-0.2, -0.15) is 4.98 Å². The normalized spacial score (nSPS) is 10.4. The molecule has 2 aromatic heterocycles. The van der Waals surface area contributed by atoms with Gasteiger partial charge in [0, 0.05) is 12.7 Å². The second-order valence-electron chi connectivity index (χ2n) is 4.15. The number of nitrogens with zero attached hydrogens (tertiary/aromatic N) is 4. The zero-order valence-corrected chi connectivity index (χ0v) is 10.6. The molecular weight excluding hydrogens is 254 g/mol. The minimum atomic E-state index is 0.192. The molecule has 100 valence electrons. The van der Waals surface area contributed by atoms with Crippen molar-refractivity contribution in [1.29, 1.82) is 0 Å². The van der Waals surface area contributed by atoms with Gasteiger partial charge >= 0.3 is 0 Å². The summed E-state index contributed by atoms with van der Waals surface area (Å²) in [7, 11) is 0. The summed E-state index contributed by atoms with van der Waals surface area (Å²) in [6.45, 7) is 0.656. The highest BCUT2D eigenvalue weighted by atomic mass is 15.3. The molecule has 0 aliphatic carbocycles. The molecule has 0 fully saturated rings. The molecule has 0 amide bonds. The van der Waals surface area contributed by atoms with Crippen LogP contribution in [0.15, 0.2) is 42.6 Å². The topological polar surface area (TPSA) is 105 Å². The molecule has 1 aromatic carbocycles. The summed E-state index contributed by atoms with van der Waals surface area (Å²) in [6, 6.07) is 11.8. The fraction of sp³-hybridized carbons (Fsp3) is 0.0769. The first-order valence-corrected chi connectivity index (χ1v) is 6.10. The summed E-state index contributed by atoms with van der Waals surface area (Å²) in [6.07, 6.45) is 1.66. The Balaban J connectivity index is 1.75. The molecule has 0 spiro atoms. The fourth-order valence-electron chi connectivity index (χ4n) is 1.74. The van der Waals surface area contributed by atoms with Crippen molar-refractivity contribution in [3.8, 4) is 11.5 Å². The number of H-pyrrole nitrogens is 1. The Morgan fingerprint density at radius 1 is 1.10 bits per heavy atom. The van der Waals surface area contributed by atoms with E-state index >= 15 is 0 Å². The van der Waals surface area contributed by atoms with E-state index < -0.39 is 0 Å². The van der Waals surface area contributed by atoms with Crippen LogP contribution in [0.4, 0.5) is 11.9 Å². The number of benzene rings is 1. The van der Waals surface area contributed by atoms with E-state index in [2.05, 4.69) is 30.5 Å². The van der Waals surface area contributed by atoms with Gasteiger partial charge < -0.3 is 11.1 Å². The second-order valence-corrected chi connectivity index (χ2v) is 4.15. The Morgan fingerprint density at radius 2 is 1.95 bits per heavy atom. The van der Waals surface area contributed by atoms with Crippen LogP contribution in [-0.4, -0.2) is 25.1 Å². The third-order valence-electron chi connectivity index (χ3n) is 2.69. The maximum absolute atomic E-state index is 5.48. The SMILES string of the molecule is Nc1n[nH]c(-c2ccnc(NCc3ccccc3)n2)n1. The van der Waals surface area contributed by atoms with Gasteiger partial charge in [0.1, 0.15) is 5.69 Å². The highest BCUT2D eigenvalue weighted by Gasteiger charge is 2.06. The monoisotopic (exact) mass is 267 g/mol. The molecule has 0 atom stereocenters. The molecule has 0 unspecified atom stereocenters. The average Bonchev–Trinajstić information content (AvgIpc) is 2.93. The van der Waals surface area contributed by atoms with Crippen LogP contribution >= 0.6 is 0 Å². The van der Waals surface area contributed by atoms with Gasteiger partial charge in [0.05, 0.1) is 0 Å². The summed E-state index contributed by atoms with van der Waals surface area (Å²) in [4.78, 5) is 12.6. The van der Waals surface area contributed by atoms with Crippen molar-refractivity contribution in [2.45, 2.75) is 6.54 Å². The van der Waals surface area contributed by atoms with Crippen LogP contribution in [0.2, 0.25) is 0 Å². The molecule has 0 radical (unpaired) electrons. The van der Waals surface area contributed by atoms with E-state index in [0.29, 0.717) is 24.0 Å². The lowest BCUT2D eigenvalue weighted by atomic mass is 10.2. The number of rotatable bonds is 4. The quantitative estimate of drug-likeness (QED) is 0.660. The number of aromatic nitrogens is 5. The van der Waals surface area contributed by atoms with Gasteiger partial charge in [-0.05, 0) is 11.6 Å². The van der Waals surface area contributed by atoms with E-state index in [1.807, 2.05) is 30.3 Å². The number of nitrogens with one attached hydrogen (secondary N) is 2. The van der Waals surface area contributed by atoms with Crippen molar-refractivity contribution in [2.24, 2.45) is 0 Å². The van der Waals surface area contributed by atoms with E-state index in [9.17, 15) is 0 Å². The van der Waals surface area contributed by atoms with Crippen LogP contribution < -0.4 is 11.1 Å². The van der Waals surface area contributed by atoms with E-state index in [1.165, 1.54) is 0 Å². The first kappa shape index (κ1) is 12.1. The average molecular weight is 267 g/mol. The lowest BCUT2D eigenvalue weighted by Gasteiger charge is -2.05. The molecule has 3 rings (SSSR count). The standard InChI is InChI=1S/C13H13N7/c14-12-18-11(19-20-12)10-6-7-15-13(17-10)16-8-9-4-2-1-3-5-9/h1-7H,8H2,(H,15,16,17)(H3,14,18,19,20). The van der Waals surface area contributed by atoms with Crippen LogP contribution in [0, 0.1) is 0 Å². The van der Waals surface area contributed by atoms with Gasteiger partial charge in [0.15, 0.2) is 5.82 Å². The molecule has 3 aromatic rings. The molecule has 0 saturated carbocycles. The second kappa shape index (κ2) is 5.35. The molecule has 0 aliphatic rings. The smallest absolute Gasteiger partial charge is 0.239 e. The Hall–Kier alpha value is -2.96. The zero-order chi connectivity index (χ0) is 13.8. The number of nitrogen functional groups attached to an aromatic ring is 1. The van der Waals surface area contributed by atoms with Crippen molar-refractivity contribution in [1.82, 2.24) is 25.1 Å². The third-order valence-corrected chi connectivity index (χ3v) is 2.69. The van der Waals surface area contributed by atoms with Crippen LogP contribution in [0.25, 0.3) is 11.5 Å². The number of anilines is 2. The van der Waals surface area contributed by atoms with E-state index in [0.717, 1.165) is 5.56 Å². The number of hydrogen-bond acceptors (Lipinski definition) is 6.